The lowest BCUT2D eigenvalue weighted by Gasteiger charge is -2.04. The Morgan fingerprint density at radius 2 is 1.76 bits per heavy atom. The molecular formula is C17H13N3O. The van der Waals surface area contributed by atoms with Gasteiger partial charge in [0.2, 0.25) is 5.78 Å². The molecule has 0 saturated heterocycles. The number of imidazole rings is 1. The zero-order chi connectivity index (χ0) is 14.2. The van der Waals surface area contributed by atoms with Crippen LogP contribution in [0.3, 0.4) is 0 Å². The van der Waals surface area contributed by atoms with Gasteiger partial charge in [-0.25, -0.2) is 9.97 Å². The lowest BCUT2D eigenvalue weighted by atomic mass is 10.1. The molecule has 4 nitrogen and oxygen atoms in total. The quantitative estimate of drug-likeness (QED) is 0.561. The number of ether oxygens (including phenoxy) is 1. The van der Waals surface area contributed by atoms with Gasteiger partial charge in [0.1, 0.15) is 5.75 Å². The Morgan fingerprint density at radius 1 is 0.952 bits per heavy atom. The molecule has 102 valence electrons. The number of rotatable bonds is 2. The van der Waals surface area contributed by atoms with Crippen molar-refractivity contribution in [3.63, 3.8) is 0 Å². The summed E-state index contributed by atoms with van der Waals surface area (Å²) in [6.07, 6.45) is 3.92. The minimum Gasteiger partial charge on any atom is -0.497 e. The summed E-state index contributed by atoms with van der Waals surface area (Å²) in [7, 11) is 1.67. The molecule has 0 radical (unpaired) electrons. The van der Waals surface area contributed by atoms with E-state index in [9.17, 15) is 0 Å². The standard InChI is InChI=1S/C17H13N3O/c1-21-14-8-6-12(7-9-14)13-10-18-17-19-15-4-2-3-5-16(15)20(17)11-13/h2-11H,1H3. The second-order valence-electron chi connectivity index (χ2n) is 4.84. The number of nitrogens with zero attached hydrogens (tertiary/aromatic N) is 3. The second kappa shape index (κ2) is 4.59. The third kappa shape index (κ3) is 1.92. The molecule has 0 aliphatic rings. The number of hydrogen-bond acceptors (Lipinski definition) is 3. The van der Waals surface area contributed by atoms with Crippen LogP contribution in [-0.2, 0) is 0 Å². The molecule has 0 saturated carbocycles. The van der Waals surface area contributed by atoms with Crippen LogP contribution < -0.4 is 4.74 Å². The number of aromatic nitrogens is 3. The van der Waals surface area contributed by atoms with Crippen LogP contribution in [0, 0.1) is 0 Å². The van der Waals surface area contributed by atoms with Crippen LogP contribution in [0.2, 0.25) is 0 Å². The van der Waals surface area contributed by atoms with Gasteiger partial charge in [0.25, 0.3) is 0 Å². The molecule has 0 aliphatic heterocycles. The zero-order valence-electron chi connectivity index (χ0n) is 11.5. The van der Waals surface area contributed by atoms with E-state index < -0.39 is 0 Å². The van der Waals surface area contributed by atoms with Gasteiger partial charge in [-0.05, 0) is 29.8 Å². The van der Waals surface area contributed by atoms with E-state index in [1.807, 2.05) is 53.1 Å². The first kappa shape index (κ1) is 11.9. The molecule has 0 atom stereocenters. The van der Waals surface area contributed by atoms with Crippen molar-refractivity contribution in [2.24, 2.45) is 0 Å². The van der Waals surface area contributed by atoms with Crippen molar-refractivity contribution in [3.8, 4) is 16.9 Å². The van der Waals surface area contributed by atoms with Crippen molar-refractivity contribution < 1.29 is 4.74 Å². The maximum Gasteiger partial charge on any atom is 0.234 e. The van der Waals surface area contributed by atoms with Gasteiger partial charge < -0.3 is 4.74 Å². The molecule has 4 aromatic rings. The summed E-state index contributed by atoms with van der Waals surface area (Å²) in [4.78, 5) is 8.97. The Kier molecular flexibility index (Phi) is 2.60. The predicted octanol–water partition coefficient (Wildman–Crippen LogP) is 3.56. The minimum atomic E-state index is 0.716. The highest BCUT2D eigenvalue weighted by atomic mass is 16.5. The Bertz CT molecular complexity index is 926. The molecule has 0 spiro atoms. The third-order valence-corrected chi connectivity index (χ3v) is 3.59. The molecular weight excluding hydrogens is 262 g/mol. The van der Waals surface area contributed by atoms with E-state index in [-0.39, 0.29) is 0 Å². The normalized spacial score (nSPS) is 11.1. The van der Waals surface area contributed by atoms with E-state index >= 15 is 0 Å². The molecule has 2 aromatic carbocycles. The van der Waals surface area contributed by atoms with Crippen LogP contribution in [-0.4, -0.2) is 21.5 Å². The van der Waals surface area contributed by atoms with Gasteiger partial charge in [-0.15, -0.1) is 0 Å². The van der Waals surface area contributed by atoms with Crippen molar-refractivity contribution in [1.82, 2.24) is 14.4 Å². The Morgan fingerprint density at radius 3 is 2.57 bits per heavy atom. The summed E-state index contributed by atoms with van der Waals surface area (Å²) >= 11 is 0. The van der Waals surface area contributed by atoms with Gasteiger partial charge in [0, 0.05) is 18.0 Å². The van der Waals surface area contributed by atoms with Crippen molar-refractivity contribution >= 4 is 16.8 Å². The average molecular weight is 275 g/mol. The van der Waals surface area contributed by atoms with E-state index in [2.05, 4.69) is 22.2 Å². The number of benzene rings is 2. The monoisotopic (exact) mass is 275 g/mol. The van der Waals surface area contributed by atoms with Crippen LogP contribution in [0.5, 0.6) is 5.75 Å². The molecule has 4 heteroatoms. The minimum absolute atomic E-state index is 0.716. The van der Waals surface area contributed by atoms with Gasteiger partial charge in [-0.2, -0.15) is 0 Å². The first-order valence-electron chi connectivity index (χ1n) is 6.72. The Hall–Kier alpha value is -2.88. The van der Waals surface area contributed by atoms with Gasteiger partial charge in [0.05, 0.1) is 18.1 Å². The van der Waals surface area contributed by atoms with Crippen LogP contribution >= 0.6 is 0 Å². The highest BCUT2D eigenvalue weighted by molar-refractivity contribution is 5.80. The van der Waals surface area contributed by atoms with Crippen LogP contribution in [0.4, 0.5) is 0 Å². The second-order valence-corrected chi connectivity index (χ2v) is 4.84. The highest BCUT2D eigenvalue weighted by Gasteiger charge is 2.06. The SMILES string of the molecule is COc1ccc(-c2cnc3nc4ccccc4n3c2)cc1. The van der Waals surface area contributed by atoms with Gasteiger partial charge >= 0.3 is 0 Å². The first-order valence-corrected chi connectivity index (χ1v) is 6.72. The molecule has 0 aliphatic carbocycles. The van der Waals surface area contributed by atoms with E-state index in [1.54, 1.807) is 7.11 Å². The summed E-state index contributed by atoms with van der Waals surface area (Å²) in [5.41, 5.74) is 4.17. The molecule has 0 amide bonds. The molecule has 0 fully saturated rings. The molecule has 2 aromatic heterocycles. The predicted molar refractivity (Wildman–Crippen MR) is 82.5 cm³/mol. The van der Waals surface area contributed by atoms with Gasteiger partial charge in [-0.1, -0.05) is 24.3 Å². The maximum atomic E-state index is 5.19. The van der Waals surface area contributed by atoms with Gasteiger partial charge in [0.15, 0.2) is 0 Å². The Balaban J connectivity index is 1.90. The molecule has 2 heterocycles. The molecule has 21 heavy (non-hydrogen) atoms. The number of hydrogen-bond donors (Lipinski definition) is 0. The van der Waals surface area contributed by atoms with Crippen LogP contribution in [0.15, 0.2) is 60.9 Å². The summed E-state index contributed by atoms with van der Waals surface area (Å²) in [6.45, 7) is 0. The molecule has 0 unspecified atom stereocenters. The number of methoxy groups -OCH3 is 1. The zero-order valence-corrected chi connectivity index (χ0v) is 11.5. The molecule has 0 N–H and O–H groups in total. The lowest BCUT2D eigenvalue weighted by molar-refractivity contribution is 0.415. The Labute approximate surface area is 121 Å². The van der Waals surface area contributed by atoms with E-state index in [4.69, 9.17) is 4.74 Å². The summed E-state index contributed by atoms with van der Waals surface area (Å²) in [6, 6.07) is 16.0. The van der Waals surface area contributed by atoms with Crippen molar-refractivity contribution in [2.75, 3.05) is 7.11 Å². The van der Waals surface area contributed by atoms with E-state index in [1.165, 1.54) is 0 Å². The molecule has 4 rings (SSSR count). The smallest absolute Gasteiger partial charge is 0.234 e. The largest absolute Gasteiger partial charge is 0.497 e. The van der Waals surface area contributed by atoms with Crippen LogP contribution in [0.1, 0.15) is 0 Å². The van der Waals surface area contributed by atoms with Crippen molar-refractivity contribution in [2.45, 2.75) is 0 Å². The van der Waals surface area contributed by atoms with Crippen LogP contribution in [0.25, 0.3) is 27.9 Å². The summed E-state index contributed by atoms with van der Waals surface area (Å²) in [5.74, 6) is 1.56. The fourth-order valence-electron chi connectivity index (χ4n) is 2.48. The fraction of sp³-hybridized carbons (Fsp3) is 0.0588. The topological polar surface area (TPSA) is 39.4 Å². The van der Waals surface area contributed by atoms with Crippen molar-refractivity contribution in [1.29, 1.82) is 0 Å². The third-order valence-electron chi connectivity index (χ3n) is 3.59. The van der Waals surface area contributed by atoms with E-state index in [0.717, 1.165) is 27.9 Å². The number of fused-ring (bicyclic) bond motifs is 3. The van der Waals surface area contributed by atoms with E-state index in [0.29, 0.717) is 5.78 Å². The highest BCUT2D eigenvalue weighted by Crippen LogP contribution is 2.23. The summed E-state index contributed by atoms with van der Waals surface area (Å²) < 4.78 is 7.21. The summed E-state index contributed by atoms with van der Waals surface area (Å²) in [5, 5.41) is 0. The maximum absolute atomic E-state index is 5.19. The van der Waals surface area contributed by atoms with Gasteiger partial charge in [-0.3, -0.25) is 4.40 Å². The lowest BCUT2D eigenvalue weighted by Crippen LogP contribution is -1.90. The van der Waals surface area contributed by atoms with Crippen molar-refractivity contribution in [3.05, 3.63) is 60.9 Å². The fourth-order valence-corrected chi connectivity index (χ4v) is 2.48. The molecule has 0 bridgehead atoms. The first-order chi connectivity index (χ1) is 10.3. The average Bonchev–Trinajstić information content (AvgIpc) is 2.93. The number of para-hydroxylation sites is 2.